The van der Waals surface area contributed by atoms with Crippen LogP contribution in [0, 0.1) is 0 Å². The third-order valence-corrected chi connectivity index (χ3v) is 4.73. The number of para-hydroxylation sites is 1. The molecule has 1 aromatic carbocycles. The highest BCUT2D eigenvalue weighted by Crippen LogP contribution is 2.16. The van der Waals surface area contributed by atoms with E-state index in [1.165, 1.54) is 5.69 Å². The van der Waals surface area contributed by atoms with Crippen molar-refractivity contribution in [2.75, 3.05) is 58.5 Å². The second kappa shape index (κ2) is 10.5. The quantitative estimate of drug-likeness (QED) is 0.448. The summed E-state index contributed by atoms with van der Waals surface area (Å²) in [5.74, 6) is 1.54. The van der Waals surface area contributed by atoms with Gasteiger partial charge in [0.2, 0.25) is 5.88 Å². The molecule has 7 heteroatoms. The van der Waals surface area contributed by atoms with Crippen molar-refractivity contribution in [3.8, 4) is 5.88 Å². The second-order valence-electron chi connectivity index (χ2n) is 6.52. The first-order valence-corrected chi connectivity index (χ1v) is 9.63. The summed E-state index contributed by atoms with van der Waals surface area (Å²) in [6.45, 7) is 5.44. The predicted molar refractivity (Wildman–Crippen MR) is 112 cm³/mol. The highest BCUT2D eigenvalue weighted by molar-refractivity contribution is 5.80. The van der Waals surface area contributed by atoms with Gasteiger partial charge >= 0.3 is 0 Å². The normalized spacial score (nSPS) is 14.9. The third kappa shape index (κ3) is 5.36. The Labute approximate surface area is 167 Å². The highest BCUT2D eigenvalue weighted by atomic mass is 16.5. The van der Waals surface area contributed by atoms with Gasteiger partial charge in [0, 0.05) is 64.3 Å². The largest absolute Gasteiger partial charge is 0.475 e. The highest BCUT2D eigenvalue weighted by Gasteiger charge is 2.20. The molecule has 0 amide bonds. The zero-order chi connectivity index (χ0) is 19.6. The lowest BCUT2D eigenvalue weighted by Gasteiger charge is -2.37. The number of aromatic nitrogens is 1. The number of nitrogens with one attached hydrogen (secondary N) is 1. The fourth-order valence-corrected chi connectivity index (χ4v) is 3.23. The smallest absolute Gasteiger partial charge is 0.218 e. The number of benzene rings is 1. The maximum absolute atomic E-state index is 5.72. The summed E-state index contributed by atoms with van der Waals surface area (Å²) in [5, 5.41) is 3.45. The first kappa shape index (κ1) is 19.9. The van der Waals surface area contributed by atoms with E-state index in [-0.39, 0.29) is 0 Å². The summed E-state index contributed by atoms with van der Waals surface area (Å²) < 4.78 is 10.8. The van der Waals surface area contributed by atoms with Crippen molar-refractivity contribution in [1.82, 2.24) is 15.2 Å². The number of hydrogen-bond donors (Lipinski definition) is 1. The van der Waals surface area contributed by atoms with Gasteiger partial charge in [-0.1, -0.05) is 24.3 Å². The van der Waals surface area contributed by atoms with E-state index in [2.05, 4.69) is 55.4 Å². The molecule has 1 aliphatic heterocycles. The Morgan fingerprint density at radius 2 is 1.86 bits per heavy atom. The van der Waals surface area contributed by atoms with E-state index < -0.39 is 0 Å². The van der Waals surface area contributed by atoms with Crippen LogP contribution in [0.15, 0.2) is 53.7 Å². The Kier molecular flexibility index (Phi) is 7.49. The van der Waals surface area contributed by atoms with Crippen LogP contribution in [-0.4, -0.2) is 69.4 Å². The van der Waals surface area contributed by atoms with E-state index in [4.69, 9.17) is 9.47 Å². The van der Waals surface area contributed by atoms with Gasteiger partial charge in [-0.2, -0.15) is 0 Å². The zero-order valence-electron chi connectivity index (χ0n) is 16.7. The fraction of sp³-hybridized carbons (Fsp3) is 0.429. The van der Waals surface area contributed by atoms with Crippen LogP contribution in [0.1, 0.15) is 5.56 Å². The lowest BCUT2D eigenvalue weighted by atomic mass is 10.2. The molecule has 1 aromatic heterocycles. The van der Waals surface area contributed by atoms with Gasteiger partial charge in [-0.05, 0) is 18.2 Å². The van der Waals surface area contributed by atoms with Crippen molar-refractivity contribution in [3.05, 3.63) is 54.2 Å². The average molecular weight is 383 g/mol. The Hall–Kier alpha value is -2.80. The van der Waals surface area contributed by atoms with Crippen molar-refractivity contribution in [2.24, 2.45) is 4.99 Å². The molecule has 0 bridgehead atoms. The van der Waals surface area contributed by atoms with Crippen LogP contribution < -0.4 is 15.0 Å². The Balaban J connectivity index is 1.53. The number of ether oxygens (including phenoxy) is 2. The number of methoxy groups -OCH3 is 1. The molecule has 150 valence electrons. The molecule has 2 aromatic rings. The average Bonchev–Trinajstić information content (AvgIpc) is 2.76. The molecule has 0 radical (unpaired) electrons. The summed E-state index contributed by atoms with van der Waals surface area (Å²) in [6, 6.07) is 14.5. The van der Waals surface area contributed by atoms with E-state index in [9.17, 15) is 0 Å². The van der Waals surface area contributed by atoms with Crippen molar-refractivity contribution in [3.63, 3.8) is 0 Å². The molecule has 2 heterocycles. The number of pyridine rings is 1. The zero-order valence-corrected chi connectivity index (χ0v) is 16.7. The second-order valence-corrected chi connectivity index (χ2v) is 6.52. The number of nitrogens with zero attached hydrogens (tertiary/aromatic N) is 4. The van der Waals surface area contributed by atoms with Crippen molar-refractivity contribution in [2.45, 2.75) is 6.54 Å². The van der Waals surface area contributed by atoms with E-state index >= 15 is 0 Å². The van der Waals surface area contributed by atoms with Crippen LogP contribution in [0.2, 0.25) is 0 Å². The van der Waals surface area contributed by atoms with E-state index in [1.54, 1.807) is 13.3 Å². The summed E-state index contributed by atoms with van der Waals surface area (Å²) in [7, 11) is 3.48. The minimum atomic E-state index is 0.483. The monoisotopic (exact) mass is 383 g/mol. The fourth-order valence-electron chi connectivity index (χ4n) is 3.23. The molecule has 1 N–H and O–H groups in total. The lowest BCUT2D eigenvalue weighted by Crippen LogP contribution is -2.52. The topological polar surface area (TPSA) is 62.2 Å². The van der Waals surface area contributed by atoms with Crippen LogP contribution in [0.25, 0.3) is 0 Å². The molecule has 0 atom stereocenters. The molecule has 0 saturated carbocycles. The first-order valence-electron chi connectivity index (χ1n) is 9.63. The molecule has 1 fully saturated rings. The lowest BCUT2D eigenvalue weighted by molar-refractivity contribution is 0.143. The molecular weight excluding hydrogens is 354 g/mol. The maximum atomic E-state index is 5.72. The van der Waals surface area contributed by atoms with Crippen molar-refractivity contribution < 1.29 is 9.47 Å². The molecule has 0 aliphatic carbocycles. The molecule has 7 nitrogen and oxygen atoms in total. The van der Waals surface area contributed by atoms with E-state index in [1.807, 2.05) is 19.2 Å². The van der Waals surface area contributed by atoms with Gasteiger partial charge in [0.15, 0.2) is 5.96 Å². The van der Waals surface area contributed by atoms with Crippen LogP contribution in [-0.2, 0) is 11.3 Å². The number of hydrogen-bond acceptors (Lipinski definition) is 5. The van der Waals surface area contributed by atoms with Crippen LogP contribution in [0.4, 0.5) is 5.69 Å². The van der Waals surface area contributed by atoms with Crippen LogP contribution in [0.5, 0.6) is 5.88 Å². The van der Waals surface area contributed by atoms with Gasteiger partial charge < -0.3 is 24.6 Å². The van der Waals surface area contributed by atoms with Crippen molar-refractivity contribution in [1.29, 1.82) is 0 Å². The number of anilines is 1. The summed E-state index contributed by atoms with van der Waals surface area (Å²) in [6.07, 6.45) is 1.74. The summed E-state index contributed by atoms with van der Waals surface area (Å²) in [5.41, 5.74) is 2.28. The first-order chi connectivity index (χ1) is 13.8. The number of aliphatic imine (C=N–C) groups is 1. The molecule has 0 spiro atoms. The predicted octanol–water partition coefficient (Wildman–Crippen LogP) is 2.00. The van der Waals surface area contributed by atoms with Gasteiger partial charge in [-0.15, -0.1) is 0 Å². The Morgan fingerprint density at radius 1 is 1.07 bits per heavy atom. The van der Waals surface area contributed by atoms with Crippen LogP contribution >= 0.6 is 0 Å². The Bertz CT molecular complexity index is 745. The van der Waals surface area contributed by atoms with E-state index in [0.29, 0.717) is 25.6 Å². The van der Waals surface area contributed by atoms with Crippen molar-refractivity contribution >= 4 is 11.6 Å². The van der Waals surface area contributed by atoms with Gasteiger partial charge in [-0.25, -0.2) is 4.98 Å². The van der Waals surface area contributed by atoms with Gasteiger partial charge in [-0.3, -0.25) is 4.99 Å². The third-order valence-electron chi connectivity index (χ3n) is 4.73. The van der Waals surface area contributed by atoms with E-state index in [0.717, 1.165) is 37.7 Å². The minimum absolute atomic E-state index is 0.483. The number of piperazine rings is 1. The van der Waals surface area contributed by atoms with Gasteiger partial charge in [0.25, 0.3) is 0 Å². The summed E-state index contributed by atoms with van der Waals surface area (Å²) >= 11 is 0. The maximum Gasteiger partial charge on any atom is 0.218 e. The number of rotatable bonds is 7. The van der Waals surface area contributed by atoms with Gasteiger partial charge in [0.05, 0.1) is 6.61 Å². The molecule has 28 heavy (non-hydrogen) atoms. The molecule has 3 rings (SSSR count). The Morgan fingerprint density at radius 3 is 2.57 bits per heavy atom. The molecule has 1 saturated heterocycles. The SMILES string of the molecule is CN=C(NCc1cccnc1OCCOC)N1CCN(c2ccccc2)CC1. The molecule has 1 aliphatic rings. The van der Waals surface area contributed by atoms with Gasteiger partial charge in [0.1, 0.15) is 6.61 Å². The summed E-state index contributed by atoms with van der Waals surface area (Å²) in [4.78, 5) is 13.5. The van der Waals surface area contributed by atoms with Crippen LogP contribution in [0.3, 0.4) is 0 Å². The molecular formula is C21H29N5O2. The molecule has 0 unspecified atom stereocenters. The number of guanidine groups is 1. The standard InChI is InChI=1S/C21H29N5O2/c1-22-21(24-17-18-7-6-10-23-20(18)28-16-15-27-2)26-13-11-25(12-14-26)19-8-4-3-5-9-19/h3-10H,11-17H2,1-2H3,(H,22,24). The minimum Gasteiger partial charge on any atom is -0.475 e.